The molecule has 2 aromatic heterocycles. The minimum atomic E-state index is -0.567. The van der Waals surface area contributed by atoms with Gasteiger partial charge in [-0.15, -0.1) is 0 Å². The smallest absolute Gasteiger partial charge is 0.302 e. The van der Waals surface area contributed by atoms with Crippen LogP contribution in [0.15, 0.2) is 26.5 Å². The lowest BCUT2D eigenvalue weighted by atomic mass is 10.2. The highest BCUT2D eigenvalue weighted by atomic mass is 79.9. The molecule has 8 heteroatoms. The maximum absolute atomic E-state index is 12.7. The maximum atomic E-state index is 12.7. The van der Waals surface area contributed by atoms with E-state index in [1.807, 2.05) is 0 Å². The van der Waals surface area contributed by atoms with Crippen molar-refractivity contribution >= 4 is 32.9 Å². The highest BCUT2D eigenvalue weighted by Gasteiger charge is 2.23. The molecule has 1 atom stereocenters. The molecule has 2 heterocycles. The summed E-state index contributed by atoms with van der Waals surface area (Å²) in [7, 11) is 1.54. The van der Waals surface area contributed by atoms with Crippen LogP contribution in [-0.4, -0.2) is 24.5 Å². The van der Waals surface area contributed by atoms with E-state index in [0.717, 1.165) is 4.57 Å². The number of aryl methyl sites for hydroxylation is 1. The lowest BCUT2D eigenvalue weighted by molar-refractivity contribution is -0.119. The molecule has 7 nitrogen and oxygen atoms in total. The lowest BCUT2D eigenvalue weighted by Crippen LogP contribution is -2.40. The van der Waals surface area contributed by atoms with Crippen LogP contribution in [0.5, 0.6) is 0 Å². The van der Waals surface area contributed by atoms with Crippen molar-refractivity contribution in [3.8, 4) is 0 Å². The number of nitrogens with zero attached hydrogens (tertiary/aromatic N) is 4. The second kappa shape index (κ2) is 5.68. The highest BCUT2D eigenvalue weighted by molar-refractivity contribution is 9.10. The lowest BCUT2D eigenvalue weighted by Gasteiger charge is -2.13. The third-order valence-electron chi connectivity index (χ3n) is 3.54. The van der Waals surface area contributed by atoms with Gasteiger partial charge in [0, 0.05) is 7.05 Å². The first-order valence-corrected chi connectivity index (χ1v) is 7.48. The molecule has 2 aromatic rings. The van der Waals surface area contributed by atoms with Gasteiger partial charge in [0.2, 0.25) is 0 Å². The van der Waals surface area contributed by atoms with Crippen LogP contribution < -0.4 is 11.2 Å². The fourth-order valence-electron chi connectivity index (χ4n) is 2.26. The highest BCUT2D eigenvalue weighted by Crippen LogP contribution is 2.22. The van der Waals surface area contributed by atoms with Gasteiger partial charge in [-0.1, -0.05) is 12.2 Å². The van der Waals surface area contributed by atoms with E-state index in [4.69, 9.17) is 0 Å². The number of ketones is 1. The molecule has 0 aliphatic heterocycles. The number of aromatic nitrogens is 4. The zero-order valence-corrected chi connectivity index (χ0v) is 14.5. The monoisotopic (exact) mass is 368 g/mol. The summed E-state index contributed by atoms with van der Waals surface area (Å²) in [5.41, 5.74) is 0.203. The minimum absolute atomic E-state index is 0.111. The van der Waals surface area contributed by atoms with Crippen LogP contribution >= 0.6 is 15.9 Å². The Labute approximate surface area is 135 Å². The van der Waals surface area contributed by atoms with Gasteiger partial charge in [-0.05, 0) is 36.7 Å². The van der Waals surface area contributed by atoms with Crippen LogP contribution in [-0.2, 0) is 18.4 Å². The van der Waals surface area contributed by atoms with E-state index in [1.54, 1.807) is 20.9 Å². The zero-order valence-electron chi connectivity index (χ0n) is 12.9. The molecular weight excluding hydrogens is 352 g/mol. The normalized spacial score (nSPS) is 12.6. The first-order chi connectivity index (χ1) is 10.2. The summed E-state index contributed by atoms with van der Waals surface area (Å²) in [4.78, 5) is 40.9. The molecule has 0 aliphatic rings. The number of carbonyl (C=O) groups is 1. The summed E-state index contributed by atoms with van der Waals surface area (Å²) < 4.78 is 4.25. The van der Waals surface area contributed by atoms with Crippen LogP contribution in [0.4, 0.5) is 0 Å². The molecule has 0 fully saturated rings. The Bertz CT molecular complexity index is 903. The number of allylic oxidation sites excluding steroid dienone is 1. The van der Waals surface area contributed by atoms with Crippen LogP contribution in [0.25, 0.3) is 11.2 Å². The number of imidazole rings is 1. The fraction of sp³-hybridized carbons (Fsp3) is 0.429. The van der Waals surface area contributed by atoms with Crippen molar-refractivity contribution in [2.75, 3.05) is 0 Å². The second-order valence-electron chi connectivity index (χ2n) is 5.40. The maximum Gasteiger partial charge on any atom is 0.332 e. The molecule has 0 amide bonds. The average Bonchev–Trinajstić information content (AvgIpc) is 2.77. The van der Waals surface area contributed by atoms with Gasteiger partial charge in [0.05, 0.1) is 12.6 Å². The number of hydrogen-bond acceptors (Lipinski definition) is 4. The number of fused-ring (bicyclic) bond motifs is 1. The molecule has 118 valence electrons. The van der Waals surface area contributed by atoms with Crippen molar-refractivity contribution < 1.29 is 4.79 Å². The molecule has 0 saturated heterocycles. The Kier molecular flexibility index (Phi) is 4.23. The van der Waals surface area contributed by atoms with Gasteiger partial charge < -0.3 is 4.57 Å². The van der Waals surface area contributed by atoms with E-state index in [1.165, 1.54) is 16.1 Å². The van der Waals surface area contributed by atoms with Crippen LogP contribution in [0.2, 0.25) is 0 Å². The largest absolute Gasteiger partial charge is 0.332 e. The summed E-state index contributed by atoms with van der Waals surface area (Å²) in [5.74, 6) is -0.111. The molecular formula is C14H17BrN4O3. The third kappa shape index (κ3) is 2.47. The number of carbonyl (C=O) groups excluding carboxylic acids is 1. The molecule has 0 radical (unpaired) electrons. The summed E-state index contributed by atoms with van der Waals surface area (Å²) >= 11 is 3.27. The third-order valence-corrected chi connectivity index (χ3v) is 4.10. The number of Topliss-reactive ketones (excluding diaryl/α,β-unsaturated/α-hetero) is 1. The van der Waals surface area contributed by atoms with Crippen LogP contribution in [0.3, 0.4) is 0 Å². The molecule has 2 rings (SSSR count). The number of rotatable bonds is 4. The van der Waals surface area contributed by atoms with Gasteiger partial charge in [-0.2, -0.15) is 0 Å². The minimum Gasteiger partial charge on any atom is -0.302 e. The Morgan fingerprint density at radius 1 is 1.36 bits per heavy atom. The van der Waals surface area contributed by atoms with E-state index < -0.39 is 17.3 Å². The van der Waals surface area contributed by atoms with Crippen molar-refractivity contribution in [3.63, 3.8) is 0 Å². The summed E-state index contributed by atoms with van der Waals surface area (Å²) in [6.07, 6.45) is 0. The average molecular weight is 369 g/mol. The van der Waals surface area contributed by atoms with E-state index >= 15 is 0 Å². The van der Waals surface area contributed by atoms with Crippen LogP contribution in [0, 0.1) is 0 Å². The molecule has 0 bridgehead atoms. The molecule has 0 saturated carbocycles. The van der Waals surface area contributed by atoms with Gasteiger partial charge in [0.1, 0.15) is 0 Å². The predicted molar refractivity (Wildman–Crippen MR) is 87.1 cm³/mol. The van der Waals surface area contributed by atoms with E-state index in [-0.39, 0.29) is 23.5 Å². The molecule has 0 aliphatic carbocycles. The summed E-state index contributed by atoms with van der Waals surface area (Å²) in [6.45, 7) is 8.73. The SMILES string of the molecule is C=C(C)Cn1c(=O)c2c(nc(Br)n2[C@@H](C)C(C)=O)n(C)c1=O. The number of halogens is 1. The molecule has 22 heavy (non-hydrogen) atoms. The Balaban J connectivity index is 2.97. The quantitative estimate of drug-likeness (QED) is 0.603. The van der Waals surface area contributed by atoms with Crippen molar-refractivity contribution in [2.45, 2.75) is 33.4 Å². The Morgan fingerprint density at radius 3 is 2.45 bits per heavy atom. The van der Waals surface area contributed by atoms with E-state index in [2.05, 4.69) is 27.5 Å². The fourth-order valence-corrected chi connectivity index (χ4v) is 2.91. The topological polar surface area (TPSA) is 78.9 Å². The number of hydrogen-bond donors (Lipinski definition) is 0. The van der Waals surface area contributed by atoms with Gasteiger partial charge in [0.15, 0.2) is 21.7 Å². The first kappa shape index (κ1) is 16.4. The van der Waals surface area contributed by atoms with Gasteiger partial charge in [-0.3, -0.25) is 18.7 Å². The summed E-state index contributed by atoms with van der Waals surface area (Å²) in [6, 6.07) is -0.567. The zero-order chi connectivity index (χ0) is 16.8. The molecule has 0 spiro atoms. The van der Waals surface area contributed by atoms with Gasteiger partial charge in [-0.25, -0.2) is 9.78 Å². The van der Waals surface area contributed by atoms with E-state index in [9.17, 15) is 14.4 Å². The van der Waals surface area contributed by atoms with Crippen molar-refractivity contribution in [2.24, 2.45) is 7.05 Å². The van der Waals surface area contributed by atoms with Gasteiger partial charge in [0.25, 0.3) is 5.56 Å². The second-order valence-corrected chi connectivity index (χ2v) is 6.11. The van der Waals surface area contributed by atoms with E-state index in [0.29, 0.717) is 10.3 Å². The molecule has 0 N–H and O–H groups in total. The molecule has 0 unspecified atom stereocenters. The van der Waals surface area contributed by atoms with Crippen molar-refractivity contribution in [1.82, 2.24) is 18.7 Å². The van der Waals surface area contributed by atoms with Crippen molar-refractivity contribution in [1.29, 1.82) is 0 Å². The predicted octanol–water partition coefficient (Wildman–Crippen LogP) is 1.39. The first-order valence-electron chi connectivity index (χ1n) is 6.68. The van der Waals surface area contributed by atoms with Gasteiger partial charge >= 0.3 is 5.69 Å². The summed E-state index contributed by atoms with van der Waals surface area (Å²) in [5, 5.41) is 0. The van der Waals surface area contributed by atoms with Crippen molar-refractivity contribution in [3.05, 3.63) is 37.7 Å². The molecule has 0 aromatic carbocycles. The standard InChI is InChI=1S/C14H17BrN4O3/c1-7(2)6-18-12(21)10-11(17(5)14(18)22)16-13(15)19(10)8(3)9(4)20/h8H,1,6H2,2-5H3/t8-/m0/s1. The Morgan fingerprint density at radius 2 is 1.95 bits per heavy atom. The van der Waals surface area contributed by atoms with Crippen LogP contribution in [0.1, 0.15) is 26.8 Å². The Hall–Kier alpha value is -1.96.